The molecule has 9 aromatic carbocycles. The molecule has 0 spiro atoms. The molecule has 0 aliphatic carbocycles. The molecule has 260 valence electrons. The van der Waals surface area contributed by atoms with Crippen LogP contribution in [0.5, 0.6) is 0 Å². The topological polar surface area (TPSA) is 30.1 Å². The number of rotatable bonds is 6. The van der Waals surface area contributed by atoms with Crippen LogP contribution in [0.1, 0.15) is 0 Å². The van der Waals surface area contributed by atoms with Crippen LogP contribution in [0, 0.1) is 6.57 Å². The minimum atomic E-state index is 0.619. The average Bonchev–Trinajstić information content (AvgIpc) is 3.28. The highest BCUT2D eigenvalue weighted by atomic mass is 14.9. The Morgan fingerprint density at radius 2 is 0.911 bits per heavy atom. The first kappa shape index (κ1) is 32.9. The molecule has 10 aromatic rings. The van der Waals surface area contributed by atoms with Crippen LogP contribution in [-0.4, -0.2) is 9.97 Å². The number of benzene rings is 9. The Morgan fingerprint density at radius 1 is 0.339 bits per heavy atom. The Hall–Kier alpha value is -7.67. The van der Waals surface area contributed by atoms with Crippen molar-refractivity contribution in [3.8, 4) is 67.3 Å². The largest absolute Gasteiger partial charge is 0.238 e. The molecule has 3 nitrogen and oxygen atoms in total. The third-order valence-electron chi connectivity index (χ3n) is 10.7. The van der Waals surface area contributed by atoms with Crippen LogP contribution in [0.15, 0.2) is 200 Å². The molecule has 56 heavy (non-hydrogen) atoms. The molecule has 0 N–H and O–H groups in total. The van der Waals surface area contributed by atoms with Gasteiger partial charge < -0.3 is 0 Å². The summed E-state index contributed by atoms with van der Waals surface area (Å²) in [6, 6.07) is 70.1. The monoisotopic (exact) mass is 711 g/mol. The fourth-order valence-corrected chi connectivity index (χ4v) is 7.92. The maximum atomic E-state index is 7.39. The Balaban J connectivity index is 1.03. The van der Waals surface area contributed by atoms with E-state index in [-0.39, 0.29) is 0 Å². The molecule has 10 rings (SSSR count). The highest BCUT2D eigenvalue weighted by Crippen LogP contribution is 2.40. The van der Waals surface area contributed by atoms with E-state index in [0.29, 0.717) is 11.5 Å². The summed E-state index contributed by atoms with van der Waals surface area (Å²) >= 11 is 0. The quantitative estimate of drug-likeness (QED) is 0.0976. The second-order valence-corrected chi connectivity index (χ2v) is 14.0. The second-order valence-electron chi connectivity index (χ2n) is 14.0. The highest BCUT2D eigenvalue weighted by Gasteiger charge is 2.16. The van der Waals surface area contributed by atoms with Crippen LogP contribution >= 0.6 is 0 Å². The van der Waals surface area contributed by atoms with Gasteiger partial charge in [0, 0.05) is 16.7 Å². The van der Waals surface area contributed by atoms with E-state index in [2.05, 4.69) is 138 Å². The molecular weight excluding hydrogens is 679 g/mol. The Kier molecular flexibility index (Phi) is 8.21. The lowest BCUT2D eigenvalue weighted by molar-refractivity contribution is 1.18. The molecule has 0 saturated heterocycles. The van der Waals surface area contributed by atoms with Crippen molar-refractivity contribution in [1.29, 1.82) is 0 Å². The smallest absolute Gasteiger partial charge is 0.187 e. The van der Waals surface area contributed by atoms with Gasteiger partial charge in [-0.3, -0.25) is 0 Å². The summed E-state index contributed by atoms with van der Waals surface area (Å²) in [6.45, 7) is 7.39. The highest BCUT2D eigenvalue weighted by molar-refractivity contribution is 6.20. The summed E-state index contributed by atoms with van der Waals surface area (Å²) in [5, 5.41) is 7.57. The van der Waals surface area contributed by atoms with E-state index in [1.807, 2.05) is 66.7 Å². The molecule has 0 radical (unpaired) electrons. The van der Waals surface area contributed by atoms with Gasteiger partial charge in [-0.05, 0) is 77.8 Å². The normalized spacial score (nSPS) is 11.2. The van der Waals surface area contributed by atoms with Gasteiger partial charge in [-0.25, -0.2) is 14.8 Å². The van der Waals surface area contributed by atoms with Gasteiger partial charge >= 0.3 is 0 Å². The molecule has 0 unspecified atom stereocenters. The van der Waals surface area contributed by atoms with Gasteiger partial charge in [-0.15, -0.1) is 0 Å². The molecule has 0 aliphatic rings. The van der Waals surface area contributed by atoms with Crippen molar-refractivity contribution in [2.45, 2.75) is 0 Å². The van der Waals surface area contributed by atoms with Crippen LogP contribution in [0.2, 0.25) is 0 Å². The standard InChI is InChI=1S/C53H33N3/c1-54-43-30-27-38(28-31-43)44-15-9-10-18-47(44)51-34-50(55-53(56-51)41-12-3-2-4-13-41)39-23-19-35(20-24-39)36-21-25-40(26-22-36)52-46-17-8-6-14-42(46)33-49-45-16-7-5-11-37(45)29-32-48(49)52/h2-34H. The molecule has 0 amide bonds. The van der Waals surface area contributed by atoms with Gasteiger partial charge in [0.2, 0.25) is 0 Å². The van der Waals surface area contributed by atoms with E-state index in [4.69, 9.17) is 16.5 Å². The first-order chi connectivity index (χ1) is 27.7. The zero-order chi connectivity index (χ0) is 37.4. The van der Waals surface area contributed by atoms with Crippen LogP contribution in [0.3, 0.4) is 0 Å². The van der Waals surface area contributed by atoms with Crippen molar-refractivity contribution < 1.29 is 0 Å². The van der Waals surface area contributed by atoms with Gasteiger partial charge in [0.15, 0.2) is 11.5 Å². The van der Waals surface area contributed by atoms with E-state index < -0.39 is 0 Å². The van der Waals surface area contributed by atoms with E-state index in [0.717, 1.165) is 50.3 Å². The first-order valence-corrected chi connectivity index (χ1v) is 18.8. The predicted molar refractivity (Wildman–Crippen MR) is 233 cm³/mol. The Morgan fingerprint density at radius 3 is 1.64 bits per heavy atom. The molecule has 0 aliphatic heterocycles. The molecule has 0 fully saturated rings. The Labute approximate surface area is 325 Å². The summed E-state index contributed by atoms with van der Waals surface area (Å²) in [6.07, 6.45) is 0. The first-order valence-electron chi connectivity index (χ1n) is 18.8. The van der Waals surface area contributed by atoms with Crippen molar-refractivity contribution in [3.05, 3.63) is 212 Å². The van der Waals surface area contributed by atoms with Gasteiger partial charge in [0.05, 0.1) is 18.0 Å². The molecule has 3 heteroatoms. The summed E-state index contributed by atoms with van der Waals surface area (Å²) in [7, 11) is 0. The maximum absolute atomic E-state index is 7.39. The number of hydrogen-bond donors (Lipinski definition) is 0. The lowest BCUT2D eigenvalue weighted by Gasteiger charge is -2.15. The molecule has 1 aromatic heterocycles. The zero-order valence-electron chi connectivity index (χ0n) is 30.4. The summed E-state index contributed by atoms with van der Waals surface area (Å²) in [4.78, 5) is 13.8. The van der Waals surface area contributed by atoms with E-state index in [1.165, 1.54) is 43.4 Å². The minimum absolute atomic E-state index is 0.619. The van der Waals surface area contributed by atoms with E-state index >= 15 is 0 Å². The lowest BCUT2D eigenvalue weighted by Crippen LogP contribution is -1.97. The third kappa shape index (κ3) is 5.97. The summed E-state index contributed by atoms with van der Waals surface area (Å²) < 4.78 is 0. The van der Waals surface area contributed by atoms with Crippen molar-refractivity contribution in [3.63, 3.8) is 0 Å². The number of hydrogen-bond acceptors (Lipinski definition) is 2. The maximum Gasteiger partial charge on any atom is 0.187 e. The summed E-state index contributed by atoms with van der Waals surface area (Å²) in [5.74, 6) is 0.671. The van der Waals surface area contributed by atoms with Crippen LogP contribution < -0.4 is 0 Å². The van der Waals surface area contributed by atoms with Crippen LogP contribution in [0.25, 0.3) is 104 Å². The van der Waals surface area contributed by atoms with Crippen LogP contribution in [-0.2, 0) is 0 Å². The molecule has 1 heterocycles. The fraction of sp³-hybridized carbons (Fsp3) is 0. The lowest BCUT2D eigenvalue weighted by atomic mass is 9.89. The van der Waals surface area contributed by atoms with E-state index in [1.54, 1.807) is 0 Å². The molecule has 0 saturated carbocycles. The van der Waals surface area contributed by atoms with Gasteiger partial charge in [0.1, 0.15) is 0 Å². The number of aromatic nitrogens is 2. The van der Waals surface area contributed by atoms with E-state index in [9.17, 15) is 0 Å². The van der Waals surface area contributed by atoms with Crippen LogP contribution in [0.4, 0.5) is 5.69 Å². The van der Waals surface area contributed by atoms with Gasteiger partial charge in [-0.1, -0.05) is 188 Å². The minimum Gasteiger partial charge on any atom is -0.238 e. The zero-order valence-corrected chi connectivity index (χ0v) is 30.4. The molecule has 0 bridgehead atoms. The van der Waals surface area contributed by atoms with Crippen molar-refractivity contribution in [1.82, 2.24) is 9.97 Å². The predicted octanol–water partition coefficient (Wildman–Crippen LogP) is 14.5. The number of fused-ring (bicyclic) bond motifs is 4. The van der Waals surface area contributed by atoms with Gasteiger partial charge in [-0.2, -0.15) is 0 Å². The van der Waals surface area contributed by atoms with Gasteiger partial charge in [0.25, 0.3) is 0 Å². The molecular formula is C53H33N3. The Bertz CT molecular complexity index is 3100. The third-order valence-corrected chi connectivity index (χ3v) is 10.7. The average molecular weight is 712 g/mol. The SMILES string of the molecule is [C-]#[N+]c1ccc(-c2ccccc2-c2cc(-c3ccc(-c4ccc(-c5c6ccccc6cc6c5ccc5ccccc56)cc4)cc3)nc(-c3ccccc3)n2)cc1. The fourth-order valence-electron chi connectivity index (χ4n) is 7.92. The van der Waals surface area contributed by atoms with Crippen molar-refractivity contribution in [2.24, 2.45) is 0 Å². The summed E-state index contributed by atoms with van der Waals surface area (Å²) in [5.41, 5.74) is 12.1. The van der Waals surface area contributed by atoms with Crippen molar-refractivity contribution >= 4 is 38.0 Å². The second kappa shape index (κ2) is 14.0. The number of nitrogens with zero attached hydrogens (tertiary/aromatic N) is 3. The van der Waals surface area contributed by atoms with Crippen molar-refractivity contribution in [2.75, 3.05) is 0 Å². The molecule has 0 atom stereocenters.